The first-order valence-electron chi connectivity index (χ1n) is 8.30. The summed E-state index contributed by atoms with van der Waals surface area (Å²) in [4.78, 5) is 2.50. The predicted octanol–water partition coefficient (Wildman–Crippen LogP) is 2.30. The highest BCUT2D eigenvalue weighted by molar-refractivity contribution is 5.68. The molecule has 2 bridgehead atoms. The molecule has 2 N–H and O–H groups in total. The molecule has 3 nitrogen and oxygen atoms in total. The van der Waals surface area contributed by atoms with Gasteiger partial charge in [-0.3, -0.25) is 4.90 Å². The Morgan fingerprint density at radius 1 is 1.41 bits per heavy atom. The van der Waals surface area contributed by atoms with Crippen molar-refractivity contribution in [3.05, 3.63) is 53.6 Å². The van der Waals surface area contributed by atoms with E-state index in [-0.39, 0.29) is 29.5 Å². The molecule has 0 amide bonds. The third-order valence-corrected chi connectivity index (χ3v) is 6.57. The SMILES string of the molecule is C=C1[C@@H]2/C(=C\C)CN3CC[C@@]4(c5ccccc5N[C@@H]14)[C@@H]3C2O. The van der Waals surface area contributed by atoms with Gasteiger partial charge in [-0.2, -0.15) is 0 Å². The van der Waals surface area contributed by atoms with Crippen molar-refractivity contribution in [3.63, 3.8) is 0 Å². The quantitative estimate of drug-likeness (QED) is 0.721. The van der Waals surface area contributed by atoms with E-state index >= 15 is 0 Å². The van der Waals surface area contributed by atoms with Crippen LogP contribution >= 0.6 is 0 Å². The molecule has 4 aliphatic rings. The van der Waals surface area contributed by atoms with Crippen LogP contribution in [-0.2, 0) is 5.41 Å². The van der Waals surface area contributed by atoms with Gasteiger partial charge in [-0.15, -0.1) is 0 Å². The summed E-state index contributed by atoms with van der Waals surface area (Å²) in [5.74, 6) is 0.115. The fraction of sp³-hybridized carbons (Fsp3) is 0.474. The minimum absolute atomic E-state index is 0.00284. The molecule has 0 radical (unpaired) electrons. The Labute approximate surface area is 131 Å². The molecule has 5 rings (SSSR count). The molecule has 0 aromatic heterocycles. The third-order valence-electron chi connectivity index (χ3n) is 6.57. The molecule has 22 heavy (non-hydrogen) atoms. The fourth-order valence-corrected chi connectivity index (χ4v) is 5.77. The first-order chi connectivity index (χ1) is 10.7. The van der Waals surface area contributed by atoms with Gasteiger partial charge in [0.2, 0.25) is 0 Å². The van der Waals surface area contributed by atoms with Gasteiger partial charge in [0.25, 0.3) is 0 Å². The van der Waals surface area contributed by atoms with E-state index in [2.05, 4.69) is 54.1 Å². The Morgan fingerprint density at radius 3 is 3.05 bits per heavy atom. The van der Waals surface area contributed by atoms with Crippen molar-refractivity contribution < 1.29 is 5.11 Å². The highest BCUT2D eigenvalue weighted by Crippen LogP contribution is 2.60. The zero-order valence-electron chi connectivity index (χ0n) is 12.9. The van der Waals surface area contributed by atoms with Crippen molar-refractivity contribution in [1.82, 2.24) is 4.90 Å². The van der Waals surface area contributed by atoms with Crippen LogP contribution in [0, 0.1) is 5.92 Å². The minimum Gasteiger partial charge on any atom is -0.390 e. The van der Waals surface area contributed by atoms with Crippen LogP contribution in [0.25, 0.3) is 0 Å². The Bertz CT molecular complexity index is 709. The monoisotopic (exact) mass is 294 g/mol. The van der Waals surface area contributed by atoms with Crippen molar-refractivity contribution >= 4 is 5.69 Å². The van der Waals surface area contributed by atoms with Crippen molar-refractivity contribution in [1.29, 1.82) is 0 Å². The Balaban J connectivity index is 1.76. The summed E-state index contributed by atoms with van der Waals surface area (Å²) in [5, 5.41) is 14.9. The standard InChI is InChI=1S/C19H22N2O/c1-3-12-10-21-9-8-19-13-6-4-5-7-14(13)20-17(19)11(2)15(12)16(22)18(19)21/h3-7,15-18,20,22H,2,8-10H2,1H3/b12-3-/t15-,16?,17+,18+,19+/m1/s1. The smallest absolute Gasteiger partial charge is 0.0808 e. The van der Waals surface area contributed by atoms with Crippen LogP contribution < -0.4 is 5.32 Å². The molecule has 3 heterocycles. The summed E-state index contributed by atoms with van der Waals surface area (Å²) in [6.45, 7) is 8.57. The van der Waals surface area contributed by atoms with Gasteiger partial charge in [0.15, 0.2) is 0 Å². The Kier molecular flexibility index (Phi) is 2.37. The number of benzene rings is 1. The summed E-state index contributed by atoms with van der Waals surface area (Å²) < 4.78 is 0. The van der Waals surface area contributed by atoms with Crippen LogP contribution in [0.2, 0.25) is 0 Å². The van der Waals surface area contributed by atoms with Crippen LogP contribution in [0.5, 0.6) is 0 Å². The highest BCUT2D eigenvalue weighted by atomic mass is 16.3. The lowest BCUT2D eigenvalue weighted by molar-refractivity contribution is -0.0179. The molecule has 3 aliphatic heterocycles. The molecule has 1 spiro atoms. The maximum absolute atomic E-state index is 11.1. The van der Waals surface area contributed by atoms with E-state index < -0.39 is 0 Å². The van der Waals surface area contributed by atoms with Crippen molar-refractivity contribution in [3.8, 4) is 0 Å². The normalized spacial score (nSPS) is 43.9. The zero-order chi connectivity index (χ0) is 15.1. The lowest BCUT2D eigenvalue weighted by Crippen LogP contribution is -2.66. The number of allylic oxidation sites excluding steroid dienone is 1. The second kappa shape index (κ2) is 4.03. The Hall–Kier alpha value is -1.58. The number of aliphatic hydroxyl groups is 1. The van der Waals surface area contributed by atoms with E-state index in [1.165, 1.54) is 22.4 Å². The summed E-state index contributed by atoms with van der Waals surface area (Å²) >= 11 is 0. The molecular formula is C19H22N2O. The van der Waals surface area contributed by atoms with E-state index in [0.29, 0.717) is 0 Å². The number of para-hydroxylation sites is 1. The lowest BCUT2D eigenvalue weighted by atomic mass is 9.57. The molecule has 5 atom stereocenters. The number of fused-ring (bicyclic) bond motifs is 2. The molecular weight excluding hydrogens is 272 g/mol. The number of anilines is 1. The molecule has 3 heteroatoms. The maximum atomic E-state index is 11.1. The van der Waals surface area contributed by atoms with Gasteiger partial charge in [0.1, 0.15) is 0 Å². The number of piperidine rings is 1. The molecule has 2 saturated heterocycles. The van der Waals surface area contributed by atoms with Crippen LogP contribution in [0.4, 0.5) is 5.69 Å². The summed E-state index contributed by atoms with van der Waals surface area (Å²) in [6, 6.07) is 9.11. The molecule has 1 saturated carbocycles. The molecule has 114 valence electrons. The number of hydrogen-bond donors (Lipinski definition) is 2. The Morgan fingerprint density at radius 2 is 2.23 bits per heavy atom. The van der Waals surface area contributed by atoms with Gasteiger partial charge >= 0.3 is 0 Å². The number of hydrogen-bond acceptors (Lipinski definition) is 3. The second-order valence-corrected chi connectivity index (χ2v) is 7.24. The lowest BCUT2D eigenvalue weighted by Gasteiger charge is -2.55. The van der Waals surface area contributed by atoms with E-state index in [4.69, 9.17) is 0 Å². The average molecular weight is 294 g/mol. The van der Waals surface area contributed by atoms with Gasteiger partial charge in [-0.1, -0.05) is 36.4 Å². The molecule has 1 aliphatic carbocycles. The molecule has 1 unspecified atom stereocenters. The predicted molar refractivity (Wildman–Crippen MR) is 87.9 cm³/mol. The van der Waals surface area contributed by atoms with Gasteiger partial charge in [0.05, 0.1) is 12.1 Å². The van der Waals surface area contributed by atoms with Crippen LogP contribution in [0.3, 0.4) is 0 Å². The highest BCUT2D eigenvalue weighted by Gasteiger charge is 2.66. The topological polar surface area (TPSA) is 35.5 Å². The van der Waals surface area contributed by atoms with Crippen LogP contribution in [0.1, 0.15) is 18.9 Å². The fourth-order valence-electron chi connectivity index (χ4n) is 5.77. The summed E-state index contributed by atoms with van der Waals surface area (Å²) in [7, 11) is 0. The van der Waals surface area contributed by atoms with Crippen molar-refractivity contribution in [2.24, 2.45) is 5.92 Å². The van der Waals surface area contributed by atoms with E-state index in [1.807, 2.05) is 0 Å². The number of nitrogens with one attached hydrogen (secondary N) is 1. The van der Waals surface area contributed by atoms with Gasteiger partial charge in [-0.25, -0.2) is 0 Å². The van der Waals surface area contributed by atoms with Crippen LogP contribution in [-0.4, -0.2) is 41.3 Å². The molecule has 3 fully saturated rings. The van der Waals surface area contributed by atoms with Gasteiger partial charge in [-0.05, 0) is 37.1 Å². The van der Waals surface area contributed by atoms with E-state index in [9.17, 15) is 5.11 Å². The maximum Gasteiger partial charge on any atom is 0.0808 e. The van der Waals surface area contributed by atoms with Crippen molar-refractivity contribution in [2.45, 2.75) is 36.9 Å². The van der Waals surface area contributed by atoms with Gasteiger partial charge < -0.3 is 10.4 Å². The number of nitrogens with zero attached hydrogens (tertiary/aromatic N) is 1. The summed E-state index contributed by atoms with van der Waals surface area (Å²) in [5.41, 5.74) is 5.13. The average Bonchev–Trinajstić information content (AvgIpc) is 3.08. The van der Waals surface area contributed by atoms with Crippen LogP contribution in [0.15, 0.2) is 48.1 Å². The largest absolute Gasteiger partial charge is 0.390 e. The molecule has 1 aromatic carbocycles. The van der Waals surface area contributed by atoms with Crippen molar-refractivity contribution in [2.75, 3.05) is 18.4 Å². The first kappa shape index (κ1) is 12.9. The minimum atomic E-state index is -0.334. The summed E-state index contributed by atoms with van der Waals surface area (Å²) in [6.07, 6.45) is 2.95. The second-order valence-electron chi connectivity index (χ2n) is 7.24. The number of aliphatic hydroxyl groups excluding tert-OH is 1. The third kappa shape index (κ3) is 1.23. The number of rotatable bonds is 0. The first-order valence-corrected chi connectivity index (χ1v) is 8.30. The zero-order valence-corrected chi connectivity index (χ0v) is 12.9. The molecule has 1 aromatic rings. The van der Waals surface area contributed by atoms with Gasteiger partial charge in [0, 0.05) is 29.6 Å². The van der Waals surface area contributed by atoms with E-state index in [1.54, 1.807) is 0 Å². The van der Waals surface area contributed by atoms with E-state index in [0.717, 1.165) is 19.5 Å².